The van der Waals surface area contributed by atoms with Gasteiger partial charge in [-0.15, -0.1) is 0 Å². The molecule has 0 aliphatic carbocycles. The summed E-state index contributed by atoms with van der Waals surface area (Å²) in [5.74, 6) is 0.615. The van der Waals surface area contributed by atoms with Gasteiger partial charge in [-0.1, -0.05) is 0 Å². The Bertz CT molecular complexity index is 980. The molecule has 3 aromatic rings. The van der Waals surface area contributed by atoms with Crippen LogP contribution in [0.5, 0.6) is 0 Å². The summed E-state index contributed by atoms with van der Waals surface area (Å²) in [6.07, 6.45) is 4.12. The van der Waals surface area contributed by atoms with Crippen molar-refractivity contribution < 1.29 is 4.79 Å². The normalized spacial score (nSPS) is 16.1. The SMILES string of the molecule is Cc1n[nH]c(C)c1-c1ccc2c(n1)N(C(=O)Nc1cccnc1)[C@H](C)CCN2. The molecule has 3 aromatic heterocycles. The Labute approximate surface area is 163 Å². The second kappa shape index (κ2) is 7.30. The van der Waals surface area contributed by atoms with Crippen LogP contribution in [0, 0.1) is 13.8 Å². The zero-order valence-corrected chi connectivity index (χ0v) is 16.2. The van der Waals surface area contributed by atoms with Gasteiger partial charge in [0.15, 0.2) is 5.82 Å². The fourth-order valence-corrected chi connectivity index (χ4v) is 3.51. The number of hydrogen-bond acceptors (Lipinski definition) is 5. The number of nitrogens with one attached hydrogen (secondary N) is 3. The summed E-state index contributed by atoms with van der Waals surface area (Å²) in [5.41, 5.74) is 5.08. The molecule has 1 aliphatic rings. The number of amides is 2. The average Bonchev–Trinajstić information content (AvgIpc) is 2.92. The van der Waals surface area contributed by atoms with Crippen molar-refractivity contribution in [1.29, 1.82) is 0 Å². The van der Waals surface area contributed by atoms with Gasteiger partial charge in [0.25, 0.3) is 0 Å². The Morgan fingerprint density at radius 3 is 2.86 bits per heavy atom. The van der Waals surface area contributed by atoms with Crippen LogP contribution in [0.4, 0.5) is 22.0 Å². The molecule has 2 amide bonds. The van der Waals surface area contributed by atoms with Gasteiger partial charge in [0.05, 0.1) is 29.0 Å². The highest BCUT2D eigenvalue weighted by atomic mass is 16.2. The first kappa shape index (κ1) is 18.0. The Kier molecular flexibility index (Phi) is 4.68. The molecule has 0 aromatic carbocycles. The minimum Gasteiger partial charge on any atom is -0.382 e. The molecule has 1 aliphatic heterocycles. The van der Waals surface area contributed by atoms with Crippen molar-refractivity contribution in [2.75, 3.05) is 22.1 Å². The van der Waals surface area contributed by atoms with E-state index >= 15 is 0 Å². The summed E-state index contributed by atoms with van der Waals surface area (Å²) in [6.45, 7) is 6.72. The van der Waals surface area contributed by atoms with Crippen molar-refractivity contribution >= 4 is 23.2 Å². The molecule has 28 heavy (non-hydrogen) atoms. The van der Waals surface area contributed by atoms with Gasteiger partial charge in [-0.05, 0) is 51.5 Å². The van der Waals surface area contributed by atoms with E-state index < -0.39 is 0 Å². The topological polar surface area (TPSA) is 98.8 Å². The number of rotatable bonds is 2. The van der Waals surface area contributed by atoms with Gasteiger partial charge in [-0.25, -0.2) is 9.78 Å². The number of H-pyrrole nitrogens is 1. The number of fused-ring (bicyclic) bond motifs is 1. The number of urea groups is 1. The predicted octanol–water partition coefficient (Wildman–Crippen LogP) is 3.73. The molecular weight excluding hydrogens is 354 g/mol. The van der Waals surface area contributed by atoms with Gasteiger partial charge in [0, 0.05) is 30.0 Å². The second-order valence-electron chi connectivity index (χ2n) is 6.98. The van der Waals surface area contributed by atoms with Gasteiger partial charge >= 0.3 is 6.03 Å². The predicted molar refractivity (Wildman–Crippen MR) is 110 cm³/mol. The van der Waals surface area contributed by atoms with Crippen LogP contribution in [0.3, 0.4) is 0 Å². The summed E-state index contributed by atoms with van der Waals surface area (Å²) in [7, 11) is 0. The molecular formula is C20H23N7O. The van der Waals surface area contributed by atoms with Gasteiger partial charge in [-0.3, -0.25) is 15.0 Å². The third-order valence-electron chi connectivity index (χ3n) is 4.94. The van der Waals surface area contributed by atoms with Crippen LogP contribution < -0.4 is 15.5 Å². The molecule has 4 heterocycles. The van der Waals surface area contributed by atoms with Gasteiger partial charge in [-0.2, -0.15) is 5.10 Å². The van der Waals surface area contributed by atoms with Gasteiger partial charge in [0.2, 0.25) is 0 Å². The third-order valence-corrected chi connectivity index (χ3v) is 4.94. The molecule has 1 atom stereocenters. The van der Waals surface area contributed by atoms with Crippen molar-refractivity contribution in [3.63, 3.8) is 0 Å². The van der Waals surface area contributed by atoms with Crippen molar-refractivity contribution in [2.45, 2.75) is 33.2 Å². The van der Waals surface area contributed by atoms with Crippen LogP contribution in [0.15, 0.2) is 36.7 Å². The molecule has 0 unspecified atom stereocenters. The van der Waals surface area contributed by atoms with Crippen LogP contribution in [0.1, 0.15) is 24.7 Å². The molecule has 8 nitrogen and oxygen atoms in total. The van der Waals surface area contributed by atoms with Crippen molar-refractivity contribution in [1.82, 2.24) is 20.2 Å². The van der Waals surface area contributed by atoms with E-state index in [-0.39, 0.29) is 12.1 Å². The molecule has 0 bridgehead atoms. The molecule has 0 fully saturated rings. The van der Waals surface area contributed by atoms with Crippen molar-refractivity contribution in [2.24, 2.45) is 0 Å². The highest BCUT2D eigenvalue weighted by Gasteiger charge is 2.29. The minimum absolute atomic E-state index is 0.0142. The monoisotopic (exact) mass is 377 g/mol. The zero-order chi connectivity index (χ0) is 19.7. The quantitative estimate of drug-likeness (QED) is 0.632. The van der Waals surface area contributed by atoms with Gasteiger partial charge in [0.1, 0.15) is 0 Å². The van der Waals surface area contributed by atoms with E-state index in [0.717, 1.165) is 41.3 Å². The first-order valence-corrected chi connectivity index (χ1v) is 9.31. The summed E-state index contributed by atoms with van der Waals surface area (Å²) < 4.78 is 0. The van der Waals surface area contributed by atoms with Crippen LogP contribution in [0.2, 0.25) is 0 Å². The van der Waals surface area contributed by atoms with E-state index in [1.807, 2.05) is 39.0 Å². The number of pyridine rings is 2. The molecule has 144 valence electrons. The molecule has 3 N–H and O–H groups in total. The lowest BCUT2D eigenvalue weighted by Gasteiger charge is -2.27. The molecule has 0 saturated heterocycles. The first-order valence-electron chi connectivity index (χ1n) is 9.31. The maximum Gasteiger partial charge on any atom is 0.327 e. The lowest BCUT2D eigenvalue weighted by molar-refractivity contribution is 0.255. The highest BCUT2D eigenvalue weighted by molar-refractivity contribution is 6.03. The van der Waals surface area contributed by atoms with E-state index in [1.165, 1.54) is 0 Å². The average molecular weight is 377 g/mol. The van der Waals surface area contributed by atoms with E-state index in [2.05, 4.69) is 25.8 Å². The van der Waals surface area contributed by atoms with E-state index in [9.17, 15) is 4.79 Å². The lowest BCUT2D eigenvalue weighted by Crippen LogP contribution is -2.42. The Hall–Kier alpha value is -3.42. The standard InChI is InChI=1S/C20H23N7O/c1-12-8-10-22-17-7-6-16(18-13(2)25-26-14(18)3)24-19(17)27(12)20(28)23-15-5-4-9-21-11-15/h4-7,9,11-12,22H,8,10H2,1-3H3,(H,23,28)(H,25,26)/t12-/m1/s1. The maximum absolute atomic E-state index is 13.1. The number of aromatic nitrogens is 4. The minimum atomic E-state index is -0.226. The molecule has 0 spiro atoms. The zero-order valence-electron chi connectivity index (χ0n) is 16.2. The van der Waals surface area contributed by atoms with Crippen LogP contribution in [-0.2, 0) is 0 Å². The first-order chi connectivity index (χ1) is 13.5. The number of carbonyl (C=O) groups is 1. The van der Waals surface area contributed by atoms with E-state index in [1.54, 1.807) is 23.4 Å². The molecule has 0 saturated carbocycles. The largest absolute Gasteiger partial charge is 0.382 e. The smallest absolute Gasteiger partial charge is 0.327 e. The van der Waals surface area contributed by atoms with Crippen LogP contribution in [0.25, 0.3) is 11.3 Å². The number of aryl methyl sites for hydroxylation is 2. The summed E-state index contributed by atoms with van der Waals surface area (Å²) >= 11 is 0. The van der Waals surface area contributed by atoms with Crippen LogP contribution in [-0.4, -0.2) is 38.8 Å². The Balaban J connectivity index is 1.75. The lowest BCUT2D eigenvalue weighted by atomic mass is 10.1. The summed E-state index contributed by atoms with van der Waals surface area (Å²) in [4.78, 5) is 23.8. The number of nitrogens with zero attached hydrogens (tertiary/aromatic N) is 4. The maximum atomic E-state index is 13.1. The van der Waals surface area contributed by atoms with E-state index in [0.29, 0.717) is 11.5 Å². The van der Waals surface area contributed by atoms with Crippen molar-refractivity contribution in [3.05, 3.63) is 48.0 Å². The van der Waals surface area contributed by atoms with Crippen molar-refractivity contribution in [3.8, 4) is 11.3 Å². The fourth-order valence-electron chi connectivity index (χ4n) is 3.51. The number of anilines is 3. The van der Waals surface area contributed by atoms with Crippen LogP contribution >= 0.6 is 0 Å². The second-order valence-corrected chi connectivity index (χ2v) is 6.98. The molecule has 0 radical (unpaired) electrons. The Morgan fingerprint density at radius 2 is 2.14 bits per heavy atom. The van der Waals surface area contributed by atoms with Gasteiger partial charge < -0.3 is 10.6 Å². The fraction of sp³-hybridized carbons (Fsp3) is 0.300. The summed E-state index contributed by atoms with van der Waals surface area (Å²) in [5, 5.41) is 13.6. The number of carbonyl (C=O) groups excluding carboxylic acids is 1. The third kappa shape index (κ3) is 3.28. The number of hydrogen-bond donors (Lipinski definition) is 3. The van der Waals surface area contributed by atoms with E-state index in [4.69, 9.17) is 4.98 Å². The molecule has 4 rings (SSSR count). The Morgan fingerprint density at radius 1 is 1.29 bits per heavy atom. The summed E-state index contributed by atoms with van der Waals surface area (Å²) in [6, 6.07) is 7.30. The highest BCUT2D eigenvalue weighted by Crippen LogP contribution is 2.34. The molecule has 8 heteroatoms. The number of aromatic amines is 1.